The number of ether oxygens (including phenoxy) is 1. The predicted molar refractivity (Wildman–Crippen MR) is 78.7 cm³/mol. The number of aromatic nitrogens is 1. The zero-order chi connectivity index (χ0) is 15.9. The van der Waals surface area contributed by atoms with Crippen LogP contribution in [0.5, 0.6) is 11.5 Å². The highest BCUT2D eigenvalue weighted by Gasteiger charge is 2.21. The molecule has 0 aliphatic carbocycles. The third-order valence-corrected chi connectivity index (χ3v) is 3.84. The fourth-order valence-electron chi connectivity index (χ4n) is 2.01. The lowest BCUT2D eigenvalue weighted by atomic mass is 10.2. The number of nitrogens with zero attached hydrogens (tertiary/aromatic N) is 1. The number of H-pyrrole nitrogens is 1. The number of aromatic amines is 1. The molecule has 1 N–H and O–H groups in total. The third kappa shape index (κ3) is 2.22. The van der Waals surface area contributed by atoms with E-state index in [1.165, 1.54) is 12.3 Å². The van der Waals surface area contributed by atoms with Crippen LogP contribution in [0, 0.1) is 24.0 Å². The molecular formula is C15H6BrF3N2O. The molecule has 3 aromatic rings. The van der Waals surface area contributed by atoms with E-state index in [9.17, 15) is 13.2 Å². The zero-order valence-corrected chi connectivity index (χ0v) is 12.3. The van der Waals surface area contributed by atoms with Gasteiger partial charge in [0.05, 0.1) is 16.6 Å². The summed E-state index contributed by atoms with van der Waals surface area (Å²) in [6, 6.07) is 4.94. The summed E-state index contributed by atoms with van der Waals surface area (Å²) in [7, 11) is 0. The van der Waals surface area contributed by atoms with Crippen LogP contribution in [0.1, 0.15) is 0 Å². The molecule has 110 valence electrons. The molecule has 0 fully saturated rings. The minimum atomic E-state index is -1.18. The van der Waals surface area contributed by atoms with E-state index in [2.05, 4.69) is 25.8 Å². The topological polar surface area (TPSA) is 29.4 Å². The SMILES string of the molecule is [C-]#[N+]c1cc(Oc2c(F)c(F)c3[nH]ccc3c2Br)ccc1F. The number of rotatable bonds is 2. The van der Waals surface area contributed by atoms with Gasteiger partial charge in [-0.2, -0.15) is 4.39 Å². The van der Waals surface area contributed by atoms with Crippen molar-refractivity contribution in [3.05, 3.63) is 63.8 Å². The van der Waals surface area contributed by atoms with Gasteiger partial charge in [-0.1, -0.05) is 0 Å². The van der Waals surface area contributed by atoms with Crippen LogP contribution in [0.2, 0.25) is 0 Å². The molecule has 0 saturated heterocycles. The fourth-order valence-corrected chi connectivity index (χ4v) is 2.60. The molecule has 0 saturated carbocycles. The first-order valence-electron chi connectivity index (χ1n) is 6.01. The van der Waals surface area contributed by atoms with Gasteiger partial charge in [-0.05, 0) is 40.2 Å². The second kappa shape index (κ2) is 5.39. The van der Waals surface area contributed by atoms with E-state index in [1.54, 1.807) is 6.07 Å². The maximum Gasteiger partial charge on any atom is 0.225 e. The van der Waals surface area contributed by atoms with Crippen LogP contribution in [0.4, 0.5) is 18.9 Å². The van der Waals surface area contributed by atoms with E-state index >= 15 is 0 Å². The predicted octanol–water partition coefficient (Wildman–Crippen LogP) is 5.69. The number of hydrogen-bond acceptors (Lipinski definition) is 1. The second-order valence-electron chi connectivity index (χ2n) is 4.36. The van der Waals surface area contributed by atoms with Crippen LogP contribution in [0.3, 0.4) is 0 Å². The van der Waals surface area contributed by atoms with Gasteiger partial charge >= 0.3 is 0 Å². The highest BCUT2D eigenvalue weighted by Crippen LogP contribution is 2.40. The van der Waals surface area contributed by atoms with Gasteiger partial charge in [0.2, 0.25) is 11.5 Å². The van der Waals surface area contributed by atoms with Crippen LogP contribution in [-0.4, -0.2) is 4.98 Å². The summed E-state index contributed by atoms with van der Waals surface area (Å²) < 4.78 is 46.9. The molecule has 0 unspecified atom stereocenters. The first kappa shape index (κ1) is 14.5. The number of halogens is 4. The summed E-state index contributed by atoms with van der Waals surface area (Å²) in [5.41, 5.74) is -0.255. The van der Waals surface area contributed by atoms with E-state index in [0.717, 1.165) is 12.1 Å². The van der Waals surface area contributed by atoms with E-state index < -0.39 is 17.5 Å². The van der Waals surface area contributed by atoms with Crippen molar-refractivity contribution in [2.75, 3.05) is 0 Å². The van der Waals surface area contributed by atoms with Gasteiger partial charge in [0.1, 0.15) is 11.6 Å². The van der Waals surface area contributed by atoms with Gasteiger partial charge in [0.15, 0.2) is 11.6 Å². The molecule has 0 atom stereocenters. The van der Waals surface area contributed by atoms with E-state index in [4.69, 9.17) is 11.3 Å². The molecule has 22 heavy (non-hydrogen) atoms. The molecule has 0 bridgehead atoms. The summed E-state index contributed by atoms with van der Waals surface area (Å²) in [5.74, 6) is -3.32. The minimum Gasteiger partial charge on any atom is -0.454 e. The van der Waals surface area contributed by atoms with Crippen LogP contribution >= 0.6 is 15.9 Å². The normalized spacial score (nSPS) is 10.7. The lowest BCUT2D eigenvalue weighted by Crippen LogP contribution is -1.95. The van der Waals surface area contributed by atoms with Crippen molar-refractivity contribution >= 4 is 32.5 Å². The molecule has 3 rings (SSSR count). The molecule has 3 nitrogen and oxygen atoms in total. The van der Waals surface area contributed by atoms with Crippen molar-refractivity contribution in [1.29, 1.82) is 0 Å². The average Bonchev–Trinajstić information content (AvgIpc) is 3.01. The Morgan fingerprint density at radius 2 is 1.91 bits per heavy atom. The molecule has 1 heterocycles. The molecule has 0 spiro atoms. The average molecular weight is 367 g/mol. The molecule has 0 aliphatic rings. The molecule has 2 aromatic carbocycles. The first-order chi connectivity index (χ1) is 10.5. The third-order valence-electron chi connectivity index (χ3n) is 3.05. The fraction of sp³-hybridized carbons (Fsp3) is 0. The van der Waals surface area contributed by atoms with Gasteiger partial charge in [-0.3, -0.25) is 0 Å². The highest BCUT2D eigenvalue weighted by atomic mass is 79.9. The molecule has 0 amide bonds. The Bertz CT molecular complexity index is 931. The molecule has 1 aromatic heterocycles. The molecular weight excluding hydrogens is 361 g/mol. The van der Waals surface area contributed by atoms with Crippen molar-refractivity contribution in [2.45, 2.75) is 0 Å². The standard InChI is InChI=1S/C15H6BrF3N2O/c1-20-10-6-7(2-3-9(10)17)22-15-11(16)8-4-5-21-14(8)12(18)13(15)19/h2-6,21H. The Labute approximate surface area is 131 Å². The molecule has 0 radical (unpaired) electrons. The summed E-state index contributed by atoms with van der Waals surface area (Å²) in [4.78, 5) is 5.58. The van der Waals surface area contributed by atoms with E-state index in [1.807, 2.05) is 0 Å². The van der Waals surface area contributed by atoms with Gasteiger partial charge < -0.3 is 9.72 Å². The second-order valence-corrected chi connectivity index (χ2v) is 5.16. The molecule has 7 heteroatoms. The van der Waals surface area contributed by atoms with Crippen molar-refractivity contribution in [3.63, 3.8) is 0 Å². The minimum absolute atomic E-state index is 0.0117. The summed E-state index contributed by atoms with van der Waals surface area (Å²) in [6.07, 6.45) is 1.47. The Morgan fingerprint density at radius 1 is 1.14 bits per heavy atom. The Hall–Kier alpha value is -2.46. The van der Waals surface area contributed by atoms with Gasteiger partial charge in [-0.15, -0.1) is 0 Å². The van der Waals surface area contributed by atoms with Crippen LogP contribution < -0.4 is 4.74 Å². The quantitative estimate of drug-likeness (QED) is 0.458. The lowest BCUT2D eigenvalue weighted by molar-refractivity contribution is 0.416. The lowest BCUT2D eigenvalue weighted by Gasteiger charge is -2.11. The Morgan fingerprint density at radius 3 is 2.64 bits per heavy atom. The number of hydrogen-bond donors (Lipinski definition) is 1. The van der Waals surface area contributed by atoms with E-state index in [-0.39, 0.29) is 27.2 Å². The van der Waals surface area contributed by atoms with Crippen LogP contribution in [0.15, 0.2) is 34.9 Å². The van der Waals surface area contributed by atoms with Crippen LogP contribution in [0.25, 0.3) is 15.7 Å². The van der Waals surface area contributed by atoms with Crippen LogP contribution in [-0.2, 0) is 0 Å². The number of nitrogens with one attached hydrogen (secondary N) is 1. The smallest absolute Gasteiger partial charge is 0.225 e. The van der Waals surface area contributed by atoms with Crippen molar-refractivity contribution < 1.29 is 17.9 Å². The van der Waals surface area contributed by atoms with Crippen molar-refractivity contribution in [2.24, 2.45) is 0 Å². The Kier molecular flexibility index (Phi) is 3.54. The first-order valence-corrected chi connectivity index (χ1v) is 6.80. The molecule has 0 aliphatic heterocycles. The largest absolute Gasteiger partial charge is 0.454 e. The zero-order valence-electron chi connectivity index (χ0n) is 10.8. The Balaban J connectivity index is 2.13. The van der Waals surface area contributed by atoms with Crippen molar-refractivity contribution in [1.82, 2.24) is 4.98 Å². The maximum atomic E-state index is 14.1. The summed E-state index contributed by atoms with van der Waals surface area (Å²) in [5, 5.41) is 0.404. The summed E-state index contributed by atoms with van der Waals surface area (Å²) in [6.45, 7) is 6.85. The monoisotopic (exact) mass is 366 g/mol. The van der Waals surface area contributed by atoms with Gasteiger partial charge in [0, 0.05) is 11.6 Å². The maximum absolute atomic E-state index is 14.1. The van der Waals surface area contributed by atoms with Gasteiger partial charge in [0.25, 0.3) is 0 Å². The van der Waals surface area contributed by atoms with Gasteiger partial charge in [-0.25, -0.2) is 13.6 Å². The number of fused-ring (bicyclic) bond motifs is 1. The highest BCUT2D eigenvalue weighted by molar-refractivity contribution is 9.10. The number of benzene rings is 2. The van der Waals surface area contributed by atoms with Crippen molar-refractivity contribution in [3.8, 4) is 11.5 Å². The summed E-state index contributed by atoms with van der Waals surface area (Å²) >= 11 is 3.17. The van der Waals surface area contributed by atoms with E-state index in [0.29, 0.717) is 5.39 Å².